The second-order valence-electron chi connectivity index (χ2n) is 8.65. The van der Waals surface area contributed by atoms with Crippen LogP contribution in [0.25, 0.3) is 11.3 Å². The van der Waals surface area contributed by atoms with Gasteiger partial charge >= 0.3 is 0 Å². The molecular formula is C24H28ClN3O2. The van der Waals surface area contributed by atoms with Gasteiger partial charge in [0.2, 0.25) is 0 Å². The highest BCUT2D eigenvalue weighted by molar-refractivity contribution is 6.33. The van der Waals surface area contributed by atoms with Crippen molar-refractivity contribution in [3.63, 3.8) is 0 Å². The second kappa shape index (κ2) is 8.56. The van der Waals surface area contributed by atoms with Gasteiger partial charge in [0.05, 0.1) is 28.5 Å². The molecule has 30 heavy (non-hydrogen) atoms. The van der Waals surface area contributed by atoms with E-state index in [0.29, 0.717) is 17.4 Å². The highest BCUT2D eigenvalue weighted by atomic mass is 35.5. The summed E-state index contributed by atoms with van der Waals surface area (Å²) in [5, 5.41) is 9.93. The van der Waals surface area contributed by atoms with Crippen LogP contribution in [0.3, 0.4) is 0 Å². The molecule has 1 saturated carbocycles. The fourth-order valence-electron chi connectivity index (χ4n) is 4.76. The first-order chi connectivity index (χ1) is 14.7. The topological polar surface area (TPSA) is 58.0 Å². The molecular weight excluding hydrogens is 398 g/mol. The zero-order valence-corrected chi connectivity index (χ0v) is 17.9. The lowest BCUT2D eigenvalue weighted by Crippen LogP contribution is -2.25. The molecule has 0 radical (unpaired) electrons. The summed E-state index contributed by atoms with van der Waals surface area (Å²) >= 11 is 6.57. The smallest absolute Gasteiger partial charge is 0.194 e. The minimum atomic E-state index is 0.189. The lowest BCUT2D eigenvalue weighted by atomic mass is 9.88. The number of fused-ring (bicyclic) bond motifs is 1. The minimum absolute atomic E-state index is 0.189. The van der Waals surface area contributed by atoms with E-state index < -0.39 is 0 Å². The van der Waals surface area contributed by atoms with Gasteiger partial charge in [0.1, 0.15) is 6.10 Å². The summed E-state index contributed by atoms with van der Waals surface area (Å²) in [6.07, 6.45) is 7.33. The van der Waals surface area contributed by atoms with Gasteiger partial charge < -0.3 is 14.7 Å². The third-order valence-electron chi connectivity index (χ3n) is 6.56. The summed E-state index contributed by atoms with van der Waals surface area (Å²) < 4.78 is 6.17. The van der Waals surface area contributed by atoms with Crippen LogP contribution in [0.1, 0.15) is 44.2 Å². The first-order valence-corrected chi connectivity index (χ1v) is 11.5. The van der Waals surface area contributed by atoms with Gasteiger partial charge in [-0.15, -0.1) is 0 Å². The molecule has 1 saturated heterocycles. The van der Waals surface area contributed by atoms with E-state index in [0.717, 1.165) is 67.3 Å². The van der Waals surface area contributed by atoms with Crippen LogP contribution in [0.4, 0.5) is 11.4 Å². The number of aliphatic imine (C=N–C) groups is 1. The van der Waals surface area contributed by atoms with Gasteiger partial charge in [-0.05, 0) is 62.6 Å². The molecule has 158 valence electrons. The maximum absolute atomic E-state index is 9.31. The largest absolute Gasteiger partial charge is 0.477 e. The van der Waals surface area contributed by atoms with E-state index in [4.69, 9.17) is 21.3 Å². The number of anilines is 1. The number of nitrogens with zero attached hydrogens (tertiary/aromatic N) is 3. The molecule has 3 aliphatic rings. The van der Waals surface area contributed by atoms with Crippen LogP contribution >= 0.6 is 11.6 Å². The molecule has 0 bridgehead atoms. The molecule has 1 aromatic carbocycles. The van der Waals surface area contributed by atoms with E-state index in [1.54, 1.807) is 0 Å². The van der Waals surface area contributed by atoms with Crippen LogP contribution in [-0.2, 0) is 11.2 Å². The standard InChI is InChI=1S/C24H28ClN3O2/c25-20-13-21-22(14-23(26-21)30-19-9-3-16(15-29)4-10-19)27-24(20)17-5-7-18(8-6-17)28-11-1-2-12-28/h5-8,13,16,19,29H,1-4,9-12,14-15H2. The molecule has 2 fully saturated rings. The van der Waals surface area contributed by atoms with Crippen molar-refractivity contribution in [2.75, 3.05) is 24.6 Å². The van der Waals surface area contributed by atoms with Crippen LogP contribution in [0.15, 0.2) is 35.3 Å². The molecule has 6 heteroatoms. The molecule has 1 N–H and O–H groups in total. The molecule has 1 aromatic heterocycles. The summed E-state index contributed by atoms with van der Waals surface area (Å²) in [5.41, 5.74) is 4.85. The third kappa shape index (κ3) is 4.06. The molecule has 2 aliphatic heterocycles. The lowest BCUT2D eigenvalue weighted by Gasteiger charge is -2.27. The Balaban J connectivity index is 1.28. The van der Waals surface area contributed by atoms with Crippen molar-refractivity contribution in [3.8, 4) is 11.3 Å². The predicted octanol–water partition coefficient (Wildman–Crippen LogP) is 5.16. The molecule has 5 rings (SSSR count). The number of rotatable bonds is 4. The van der Waals surface area contributed by atoms with Gasteiger partial charge in [-0.2, -0.15) is 0 Å². The summed E-state index contributed by atoms with van der Waals surface area (Å²) in [5.74, 6) is 1.16. The van der Waals surface area contributed by atoms with Crippen LogP contribution in [0.5, 0.6) is 0 Å². The monoisotopic (exact) mass is 425 g/mol. The van der Waals surface area contributed by atoms with Crippen molar-refractivity contribution in [3.05, 3.63) is 41.0 Å². The first kappa shape index (κ1) is 19.8. The van der Waals surface area contributed by atoms with Gasteiger partial charge in [-0.3, -0.25) is 0 Å². The molecule has 0 spiro atoms. The van der Waals surface area contributed by atoms with Crippen LogP contribution in [0.2, 0.25) is 5.02 Å². The van der Waals surface area contributed by atoms with Gasteiger partial charge in [0.15, 0.2) is 5.90 Å². The number of hydrogen-bond acceptors (Lipinski definition) is 5. The van der Waals surface area contributed by atoms with Gasteiger partial charge in [-0.1, -0.05) is 23.7 Å². The number of aliphatic hydroxyl groups is 1. The Morgan fingerprint density at radius 1 is 1.07 bits per heavy atom. The average molecular weight is 426 g/mol. The molecule has 0 atom stereocenters. The number of halogens is 1. The first-order valence-electron chi connectivity index (χ1n) is 11.1. The molecule has 0 unspecified atom stereocenters. The van der Waals surface area contributed by atoms with E-state index in [-0.39, 0.29) is 12.7 Å². The number of pyridine rings is 1. The number of ether oxygens (including phenoxy) is 1. The normalized spacial score (nSPS) is 23.4. The Kier molecular flexibility index (Phi) is 5.66. The van der Waals surface area contributed by atoms with Crippen molar-refractivity contribution in [2.45, 2.75) is 51.0 Å². The molecule has 3 heterocycles. The number of hydrogen-bond donors (Lipinski definition) is 1. The van der Waals surface area contributed by atoms with Gasteiger partial charge in [0, 0.05) is 30.9 Å². The van der Waals surface area contributed by atoms with E-state index in [1.807, 2.05) is 6.07 Å². The summed E-state index contributed by atoms with van der Waals surface area (Å²) in [6.45, 7) is 2.56. The number of aliphatic hydroxyl groups excluding tert-OH is 1. The Hall–Kier alpha value is -2.11. The van der Waals surface area contributed by atoms with Crippen molar-refractivity contribution in [1.29, 1.82) is 0 Å². The van der Waals surface area contributed by atoms with Crippen molar-refractivity contribution >= 4 is 28.9 Å². The van der Waals surface area contributed by atoms with Crippen molar-refractivity contribution in [1.82, 2.24) is 4.98 Å². The summed E-state index contributed by atoms with van der Waals surface area (Å²) in [7, 11) is 0. The second-order valence-corrected chi connectivity index (χ2v) is 9.06. The average Bonchev–Trinajstić information content (AvgIpc) is 3.43. The van der Waals surface area contributed by atoms with E-state index >= 15 is 0 Å². The minimum Gasteiger partial charge on any atom is -0.477 e. The van der Waals surface area contributed by atoms with Crippen molar-refractivity contribution in [2.24, 2.45) is 10.9 Å². The molecule has 5 nitrogen and oxygen atoms in total. The number of aromatic nitrogens is 1. The van der Waals surface area contributed by atoms with Gasteiger partial charge in [-0.25, -0.2) is 9.98 Å². The molecule has 0 amide bonds. The molecule has 2 aromatic rings. The fraction of sp³-hybridized carbons (Fsp3) is 0.500. The van der Waals surface area contributed by atoms with E-state index in [2.05, 4.69) is 34.2 Å². The zero-order valence-electron chi connectivity index (χ0n) is 17.2. The van der Waals surface area contributed by atoms with E-state index in [9.17, 15) is 5.11 Å². The highest BCUT2D eigenvalue weighted by Gasteiger charge is 2.26. The Labute approximate surface area is 182 Å². The van der Waals surface area contributed by atoms with Crippen LogP contribution in [-0.4, -0.2) is 41.8 Å². The quantitative estimate of drug-likeness (QED) is 0.735. The predicted molar refractivity (Wildman–Crippen MR) is 121 cm³/mol. The maximum Gasteiger partial charge on any atom is 0.194 e. The van der Waals surface area contributed by atoms with Crippen LogP contribution < -0.4 is 4.90 Å². The van der Waals surface area contributed by atoms with Crippen molar-refractivity contribution < 1.29 is 9.84 Å². The third-order valence-corrected chi connectivity index (χ3v) is 6.85. The fourth-order valence-corrected chi connectivity index (χ4v) is 5.02. The molecule has 1 aliphatic carbocycles. The Bertz CT molecular complexity index is 930. The Morgan fingerprint density at radius 2 is 1.80 bits per heavy atom. The number of benzene rings is 1. The maximum atomic E-state index is 9.31. The van der Waals surface area contributed by atoms with Gasteiger partial charge in [0.25, 0.3) is 0 Å². The van der Waals surface area contributed by atoms with E-state index in [1.165, 1.54) is 18.5 Å². The zero-order chi connectivity index (χ0) is 20.5. The van der Waals surface area contributed by atoms with Crippen LogP contribution in [0, 0.1) is 5.92 Å². The SMILES string of the molecule is OCC1CCC(OC2=Nc3cc(Cl)c(-c4ccc(N5CCCC5)cc4)nc3C2)CC1. The lowest BCUT2D eigenvalue weighted by molar-refractivity contribution is 0.0946. The Morgan fingerprint density at radius 3 is 2.50 bits per heavy atom. The summed E-state index contributed by atoms with van der Waals surface area (Å²) in [6, 6.07) is 10.5. The summed E-state index contributed by atoms with van der Waals surface area (Å²) in [4.78, 5) is 11.9. The highest BCUT2D eigenvalue weighted by Crippen LogP contribution is 2.36.